The summed E-state index contributed by atoms with van der Waals surface area (Å²) in [7, 11) is 1.91. The third-order valence-corrected chi connectivity index (χ3v) is 5.31. The van der Waals surface area contributed by atoms with Crippen molar-refractivity contribution in [1.82, 2.24) is 15.1 Å². The lowest BCUT2D eigenvalue weighted by atomic mass is 9.95. The fourth-order valence-electron chi connectivity index (χ4n) is 4.06. The Morgan fingerprint density at radius 3 is 2.30 bits per heavy atom. The third-order valence-electron chi connectivity index (χ3n) is 5.31. The molecule has 2 unspecified atom stereocenters. The van der Waals surface area contributed by atoms with Crippen LogP contribution in [0.3, 0.4) is 0 Å². The molecule has 0 radical (unpaired) electrons. The molecule has 1 fully saturated rings. The van der Waals surface area contributed by atoms with Crippen LogP contribution in [0.2, 0.25) is 0 Å². The van der Waals surface area contributed by atoms with Gasteiger partial charge in [-0.3, -0.25) is 19.3 Å². The maximum absolute atomic E-state index is 13.3. The molecule has 27 heavy (non-hydrogen) atoms. The van der Waals surface area contributed by atoms with Crippen LogP contribution in [0.5, 0.6) is 0 Å². The fourth-order valence-corrected chi connectivity index (χ4v) is 4.06. The molecular weight excluding hydrogens is 366 g/mol. The Kier molecular flexibility index (Phi) is 7.00. The highest BCUT2D eigenvalue weighted by molar-refractivity contribution is 6.22. The molecule has 1 N–H and O–H groups in total. The Morgan fingerprint density at radius 2 is 1.78 bits per heavy atom. The van der Waals surface area contributed by atoms with Crippen LogP contribution >= 0.6 is 12.4 Å². The fraction of sp³-hybridized carbons (Fsp3) is 0.550. The van der Waals surface area contributed by atoms with E-state index in [0.717, 1.165) is 19.4 Å². The van der Waals surface area contributed by atoms with Gasteiger partial charge < -0.3 is 10.2 Å². The van der Waals surface area contributed by atoms with Gasteiger partial charge in [0.15, 0.2) is 0 Å². The standard InChI is InChI=1S/C20H27N3O3.ClH/c1-13(2)17(20(26)22-10-6-7-14(12-22)11-21-3)23-18(24)15-8-4-5-9-16(15)19(23)25;/h4-5,8-9,13-14,17,21H,6-7,10-12H2,1-3H3;1H. The Balaban J connectivity index is 0.00000261. The van der Waals surface area contributed by atoms with E-state index in [1.807, 2.05) is 25.8 Å². The number of halogens is 1. The first-order valence-corrected chi connectivity index (χ1v) is 9.36. The minimum Gasteiger partial charge on any atom is -0.341 e. The Hall–Kier alpha value is -1.92. The number of carbonyl (C=O) groups excluding carboxylic acids is 3. The van der Waals surface area contributed by atoms with Gasteiger partial charge in [-0.05, 0) is 50.4 Å². The second-order valence-electron chi connectivity index (χ2n) is 7.56. The summed E-state index contributed by atoms with van der Waals surface area (Å²) in [6.07, 6.45) is 2.04. The van der Waals surface area contributed by atoms with Crippen molar-refractivity contribution in [2.75, 3.05) is 26.7 Å². The number of benzene rings is 1. The summed E-state index contributed by atoms with van der Waals surface area (Å²) in [6.45, 7) is 6.00. The number of rotatable bonds is 5. The second-order valence-corrected chi connectivity index (χ2v) is 7.56. The number of piperidine rings is 1. The molecule has 3 rings (SSSR count). The lowest BCUT2D eigenvalue weighted by Crippen LogP contribution is -2.55. The van der Waals surface area contributed by atoms with Crippen LogP contribution in [-0.2, 0) is 4.79 Å². The first-order valence-electron chi connectivity index (χ1n) is 9.36. The summed E-state index contributed by atoms with van der Waals surface area (Å²) in [5, 5.41) is 3.17. The zero-order valence-corrected chi connectivity index (χ0v) is 16.9. The monoisotopic (exact) mass is 393 g/mol. The van der Waals surface area contributed by atoms with E-state index in [-0.39, 0.29) is 36.0 Å². The number of imide groups is 1. The first kappa shape index (κ1) is 21.4. The summed E-state index contributed by atoms with van der Waals surface area (Å²) in [4.78, 5) is 42.0. The topological polar surface area (TPSA) is 69.7 Å². The van der Waals surface area contributed by atoms with E-state index in [1.165, 1.54) is 4.90 Å². The smallest absolute Gasteiger partial charge is 0.262 e. The van der Waals surface area contributed by atoms with E-state index in [2.05, 4.69) is 5.32 Å². The largest absolute Gasteiger partial charge is 0.341 e. The Labute approximate surface area is 166 Å². The number of nitrogens with one attached hydrogen (secondary N) is 1. The van der Waals surface area contributed by atoms with Gasteiger partial charge in [-0.2, -0.15) is 0 Å². The van der Waals surface area contributed by atoms with Gasteiger partial charge in [0, 0.05) is 13.1 Å². The maximum atomic E-state index is 13.3. The second kappa shape index (κ2) is 8.85. The average Bonchev–Trinajstić information content (AvgIpc) is 2.88. The van der Waals surface area contributed by atoms with Crippen LogP contribution in [0, 0.1) is 11.8 Å². The van der Waals surface area contributed by atoms with Crippen molar-refractivity contribution in [2.45, 2.75) is 32.7 Å². The molecule has 7 heteroatoms. The van der Waals surface area contributed by atoms with Crippen LogP contribution in [0.1, 0.15) is 47.4 Å². The van der Waals surface area contributed by atoms with Crippen molar-refractivity contribution in [3.63, 3.8) is 0 Å². The van der Waals surface area contributed by atoms with E-state index < -0.39 is 6.04 Å². The molecule has 0 bridgehead atoms. The van der Waals surface area contributed by atoms with Gasteiger partial charge in [0.1, 0.15) is 6.04 Å². The number of hydrogen-bond donors (Lipinski definition) is 1. The number of amides is 3. The molecule has 148 valence electrons. The lowest BCUT2D eigenvalue weighted by molar-refractivity contribution is -0.138. The molecule has 0 saturated carbocycles. The van der Waals surface area contributed by atoms with Gasteiger partial charge in [-0.15, -0.1) is 12.4 Å². The van der Waals surface area contributed by atoms with E-state index in [1.54, 1.807) is 24.3 Å². The molecule has 3 amide bonds. The van der Waals surface area contributed by atoms with Crippen molar-refractivity contribution < 1.29 is 14.4 Å². The van der Waals surface area contributed by atoms with Gasteiger partial charge in [0.2, 0.25) is 5.91 Å². The van der Waals surface area contributed by atoms with E-state index in [4.69, 9.17) is 0 Å². The Morgan fingerprint density at radius 1 is 1.19 bits per heavy atom. The maximum Gasteiger partial charge on any atom is 0.262 e. The van der Waals surface area contributed by atoms with Gasteiger partial charge in [0.05, 0.1) is 11.1 Å². The van der Waals surface area contributed by atoms with E-state index in [0.29, 0.717) is 30.1 Å². The van der Waals surface area contributed by atoms with Gasteiger partial charge in [-0.1, -0.05) is 26.0 Å². The van der Waals surface area contributed by atoms with Crippen molar-refractivity contribution >= 4 is 30.1 Å². The van der Waals surface area contributed by atoms with Crippen LogP contribution < -0.4 is 5.32 Å². The molecule has 0 aromatic heterocycles. The zero-order chi connectivity index (χ0) is 18.8. The molecular formula is C20H28ClN3O3. The lowest BCUT2D eigenvalue weighted by Gasteiger charge is -2.38. The minimum absolute atomic E-state index is 0. The van der Waals surface area contributed by atoms with Crippen molar-refractivity contribution in [1.29, 1.82) is 0 Å². The van der Waals surface area contributed by atoms with Crippen molar-refractivity contribution in [3.05, 3.63) is 35.4 Å². The number of carbonyl (C=O) groups is 3. The summed E-state index contributed by atoms with van der Waals surface area (Å²) in [5.74, 6) is -0.569. The van der Waals surface area contributed by atoms with Gasteiger partial charge in [0.25, 0.3) is 11.8 Å². The van der Waals surface area contributed by atoms with E-state index in [9.17, 15) is 14.4 Å². The quantitative estimate of drug-likeness (QED) is 0.778. The van der Waals surface area contributed by atoms with Crippen LogP contribution in [-0.4, -0.2) is 60.2 Å². The molecule has 1 aromatic carbocycles. The van der Waals surface area contributed by atoms with Crippen molar-refractivity contribution in [2.24, 2.45) is 11.8 Å². The number of likely N-dealkylation sites (tertiary alicyclic amines) is 1. The molecule has 2 heterocycles. The SMILES string of the molecule is CNCC1CCCN(C(=O)C(C(C)C)N2C(=O)c3ccccc3C2=O)C1.Cl. The van der Waals surface area contributed by atoms with Crippen LogP contribution in [0.15, 0.2) is 24.3 Å². The molecule has 2 aliphatic rings. The van der Waals surface area contributed by atoms with Gasteiger partial charge in [-0.25, -0.2) is 0 Å². The number of fused-ring (bicyclic) bond motifs is 1. The highest BCUT2D eigenvalue weighted by Crippen LogP contribution is 2.29. The highest BCUT2D eigenvalue weighted by atomic mass is 35.5. The summed E-state index contributed by atoms with van der Waals surface area (Å²) in [6, 6.07) is 6.04. The molecule has 1 saturated heterocycles. The van der Waals surface area contributed by atoms with Crippen LogP contribution in [0.4, 0.5) is 0 Å². The van der Waals surface area contributed by atoms with E-state index >= 15 is 0 Å². The minimum atomic E-state index is -0.754. The van der Waals surface area contributed by atoms with Crippen molar-refractivity contribution in [3.8, 4) is 0 Å². The summed E-state index contributed by atoms with van der Waals surface area (Å²) < 4.78 is 0. The zero-order valence-electron chi connectivity index (χ0n) is 16.1. The summed E-state index contributed by atoms with van der Waals surface area (Å²) >= 11 is 0. The van der Waals surface area contributed by atoms with Gasteiger partial charge >= 0.3 is 0 Å². The predicted molar refractivity (Wildman–Crippen MR) is 106 cm³/mol. The predicted octanol–water partition coefficient (Wildman–Crippen LogP) is 2.19. The number of hydrogen-bond acceptors (Lipinski definition) is 4. The third kappa shape index (κ3) is 4.01. The molecule has 2 atom stereocenters. The molecule has 2 aliphatic heterocycles. The van der Waals surface area contributed by atoms with Crippen LogP contribution in [0.25, 0.3) is 0 Å². The molecule has 1 aromatic rings. The first-order chi connectivity index (χ1) is 12.5. The average molecular weight is 394 g/mol. The summed E-state index contributed by atoms with van der Waals surface area (Å²) in [5.41, 5.74) is 0.783. The Bertz CT molecular complexity index is 685. The molecule has 6 nitrogen and oxygen atoms in total. The molecule has 0 aliphatic carbocycles. The molecule has 0 spiro atoms. The highest BCUT2D eigenvalue weighted by Gasteiger charge is 2.45. The normalized spacial score (nSPS) is 20.5. The number of nitrogens with zero attached hydrogens (tertiary/aromatic N) is 2.